The summed E-state index contributed by atoms with van der Waals surface area (Å²) in [6.45, 7) is 4.17. The molecule has 3 rings (SSSR count). The van der Waals surface area contributed by atoms with Crippen LogP contribution in [0.5, 0.6) is 0 Å². The first-order valence-electron chi connectivity index (χ1n) is 7.02. The van der Waals surface area contributed by atoms with E-state index in [0.717, 1.165) is 30.5 Å². The molecule has 0 spiro atoms. The third-order valence-electron chi connectivity index (χ3n) is 4.48. The minimum atomic E-state index is -0.0856. The molecule has 100 valence electrons. The lowest BCUT2D eigenvalue weighted by Gasteiger charge is -2.25. The largest absolute Gasteiger partial charge is 0.274 e. The fourth-order valence-electron chi connectivity index (χ4n) is 3.34. The molecule has 0 bridgehead atoms. The van der Waals surface area contributed by atoms with Gasteiger partial charge in [-0.05, 0) is 44.2 Å². The van der Waals surface area contributed by atoms with Gasteiger partial charge in [0.25, 0.3) is 0 Å². The number of aryl methyl sites for hydroxylation is 1. The molecule has 1 aliphatic heterocycles. The van der Waals surface area contributed by atoms with Crippen LogP contribution in [0.3, 0.4) is 0 Å². The van der Waals surface area contributed by atoms with E-state index in [1.165, 1.54) is 4.90 Å². The number of carbonyl (C=O) groups is 2. The van der Waals surface area contributed by atoms with E-state index >= 15 is 0 Å². The Morgan fingerprint density at radius 2 is 1.63 bits per heavy atom. The molecule has 0 aromatic heterocycles. The fourth-order valence-corrected chi connectivity index (χ4v) is 3.34. The number of imide groups is 1. The lowest BCUT2D eigenvalue weighted by molar-refractivity contribution is -0.122. The number of carbonyl (C=O) groups excluding carboxylic acids is 2. The Morgan fingerprint density at radius 3 is 2.32 bits per heavy atom. The highest BCUT2D eigenvalue weighted by Crippen LogP contribution is 2.42. The molecule has 1 saturated carbocycles. The van der Waals surface area contributed by atoms with Gasteiger partial charge in [0.15, 0.2) is 0 Å². The zero-order chi connectivity index (χ0) is 13.6. The van der Waals surface area contributed by atoms with Gasteiger partial charge >= 0.3 is 0 Å². The molecular weight excluding hydrogens is 238 g/mol. The molecular formula is C16H19NO2. The number of anilines is 1. The van der Waals surface area contributed by atoms with Crippen molar-refractivity contribution in [2.75, 3.05) is 4.90 Å². The van der Waals surface area contributed by atoms with E-state index in [0.29, 0.717) is 5.92 Å². The maximum Gasteiger partial charge on any atom is 0.237 e. The Labute approximate surface area is 113 Å². The summed E-state index contributed by atoms with van der Waals surface area (Å²) in [5.41, 5.74) is 1.86. The quantitative estimate of drug-likeness (QED) is 0.725. The molecule has 2 amide bonds. The van der Waals surface area contributed by atoms with Crippen molar-refractivity contribution in [3.05, 3.63) is 29.8 Å². The Bertz CT molecular complexity index is 520. The fraction of sp³-hybridized carbons (Fsp3) is 0.500. The first-order valence-corrected chi connectivity index (χ1v) is 7.02. The Morgan fingerprint density at radius 1 is 1.00 bits per heavy atom. The van der Waals surface area contributed by atoms with Crippen LogP contribution < -0.4 is 4.90 Å². The smallest absolute Gasteiger partial charge is 0.237 e. The van der Waals surface area contributed by atoms with Gasteiger partial charge in [-0.1, -0.05) is 24.6 Å². The minimum Gasteiger partial charge on any atom is -0.274 e. The van der Waals surface area contributed by atoms with Crippen molar-refractivity contribution < 1.29 is 9.59 Å². The molecule has 1 aromatic rings. The molecule has 3 atom stereocenters. The zero-order valence-corrected chi connectivity index (χ0v) is 11.4. The monoisotopic (exact) mass is 257 g/mol. The first-order chi connectivity index (χ1) is 9.08. The van der Waals surface area contributed by atoms with E-state index in [4.69, 9.17) is 0 Å². The predicted molar refractivity (Wildman–Crippen MR) is 73.7 cm³/mol. The zero-order valence-electron chi connectivity index (χ0n) is 11.4. The molecule has 0 radical (unpaired) electrons. The molecule has 2 fully saturated rings. The van der Waals surface area contributed by atoms with Crippen LogP contribution in [0, 0.1) is 24.7 Å². The van der Waals surface area contributed by atoms with Crippen molar-refractivity contribution in [1.82, 2.24) is 0 Å². The lowest BCUT2D eigenvalue weighted by Crippen LogP contribution is -2.30. The number of hydrogen-bond donors (Lipinski definition) is 0. The van der Waals surface area contributed by atoms with Gasteiger partial charge in [0.2, 0.25) is 11.8 Å². The van der Waals surface area contributed by atoms with Gasteiger partial charge in [-0.25, -0.2) is 0 Å². The second-order valence-electron chi connectivity index (χ2n) is 5.98. The van der Waals surface area contributed by atoms with Gasteiger partial charge in [0.05, 0.1) is 17.5 Å². The molecule has 3 heteroatoms. The number of hydrogen-bond acceptors (Lipinski definition) is 2. The normalized spacial score (nSPS) is 30.6. The van der Waals surface area contributed by atoms with E-state index in [-0.39, 0.29) is 23.7 Å². The lowest BCUT2D eigenvalue weighted by atomic mass is 9.76. The van der Waals surface area contributed by atoms with Crippen LogP contribution in [0.1, 0.15) is 31.7 Å². The molecule has 1 aliphatic carbocycles. The second-order valence-corrected chi connectivity index (χ2v) is 5.98. The van der Waals surface area contributed by atoms with Crippen molar-refractivity contribution in [3.63, 3.8) is 0 Å². The van der Waals surface area contributed by atoms with Gasteiger partial charge in [-0.3, -0.25) is 14.5 Å². The van der Waals surface area contributed by atoms with E-state index in [1.807, 2.05) is 31.2 Å². The summed E-state index contributed by atoms with van der Waals surface area (Å²) in [5.74, 6) is 0.398. The van der Waals surface area contributed by atoms with E-state index < -0.39 is 0 Å². The molecule has 1 saturated heterocycles. The van der Waals surface area contributed by atoms with Crippen molar-refractivity contribution >= 4 is 17.5 Å². The Hall–Kier alpha value is -1.64. The van der Waals surface area contributed by atoms with Gasteiger partial charge in [-0.2, -0.15) is 0 Å². The number of rotatable bonds is 1. The van der Waals surface area contributed by atoms with Crippen molar-refractivity contribution in [2.24, 2.45) is 17.8 Å². The number of nitrogens with zero attached hydrogens (tertiary/aromatic N) is 1. The molecule has 2 aliphatic rings. The van der Waals surface area contributed by atoms with Gasteiger partial charge in [0, 0.05) is 0 Å². The van der Waals surface area contributed by atoms with Crippen LogP contribution in [0.15, 0.2) is 24.3 Å². The Kier molecular flexibility index (Phi) is 2.92. The molecule has 0 unspecified atom stereocenters. The van der Waals surface area contributed by atoms with Crippen LogP contribution in [0.2, 0.25) is 0 Å². The molecule has 3 nitrogen and oxygen atoms in total. The highest BCUT2D eigenvalue weighted by atomic mass is 16.2. The first kappa shape index (κ1) is 12.4. The maximum atomic E-state index is 12.5. The van der Waals surface area contributed by atoms with Gasteiger partial charge in [-0.15, -0.1) is 0 Å². The second kappa shape index (κ2) is 4.48. The number of fused-ring (bicyclic) bond motifs is 1. The van der Waals surface area contributed by atoms with Crippen molar-refractivity contribution in [2.45, 2.75) is 33.1 Å². The molecule has 19 heavy (non-hydrogen) atoms. The SMILES string of the molecule is Cc1ccc(N2C(=O)[C@H]3CC[C@@H](C)C[C@@H]3C2=O)cc1. The van der Waals surface area contributed by atoms with Crippen molar-refractivity contribution in [1.29, 1.82) is 0 Å². The highest BCUT2D eigenvalue weighted by molar-refractivity contribution is 6.22. The van der Waals surface area contributed by atoms with Gasteiger partial charge < -0.3 is 0 Å². The van der Waals surface area contributed by atoms with Crippen LogP contribution in [0.4, 0.5) is 5.69 Å². The summed E-state index contributed by atoms with van der Waals surface area (Å²) < 4.78 is 0. The molecule has 1 heterocycles. The third kappa shape index (κ3) is 1.97. The Balaban J connectivity index is 1.93. The summed E-state index contributed by atoms with van der Waals surface area (Å²) in [7, 11) is 0. The maximum absolute atomic E-state index is 12.5. The summed E-state index contributed by atoms with van der Waals surface area (Å²) in [6, 6.07) is 7.62. The van der Waals surface area contributed by atoms with Crippen LogP contribution >= 0.6 is 0 Å². The number of benzene rings is 1. The van der Waals surface area contributed by atoms with Gasteiger partial charge in [0.1, 0.15) is 0 Å². The van der Waals surface area contributed by atoms with E-state index in [9.17, 15) is 9.59 Å². The summed E-state index contributed by atoms with van der Waals surface area (Å²) in [5, 5.41) is 0. The highest BCUT2D eigenvalue weighted by Gasteiger charge is 2.49. The van der Waals surface area contributed by atoms with E-state index in [2.05, 4.69) is 6.92 Å². The van der Waals surface area contributed by atoms with Crippen LogP contribution in [-0.4, -0.2) is 11.8 Å². The average Bonchev–Trinajstić information content (AvgIpc) is 2.63. The summed E-state index contributed by atoms with van der Waals surface area (Å²) in [4.78, 5) is 26.3. The molecule has 0 N–H and O–H groups in total. The predicted octanol–water partition coefficient (Wildman–Crippen LogP) is 2.92. The van der Waals surface area contributed by atoms with Crippen LogP contribution in [-0.2, 0) is 9.59 Å². The summed E-state index contributed by atoms with van der Waals surface area (Å²) in [6.07, 6.45) is 2.78. The van der Waals surface area contributed by atoms with E-state index in [1.54, 1.807) is 0 Å². The minimum absolute atomic E-state index is 0.00500. The topological polar surface area (TPSA) is 37.4 Å². The average molecular weight is 257 g/mol. The summed E-state index contributed by atoms with van der Waals surface area (Å²) >= 11 is 0. The number of amides is 2. The van der Waals surface area contributed by atoms with Crippen LogP contribution in [0.25, 0.3) is 0 Å². The third-order valence-corrected chi connectivity index (χ3v) is 4.48. The standard InChI is InChI=1S/C16H19NO2/c1-10-3-6-12(7-4-10)17-15(18)13-8-5-11(2)9-14(13)16(17)19/h3-4,6-7,11,13-14H,5,8-9H2,1-2H3/t11-,13+,14+/m1/s1. The molecule has 1 aromatic carbocycles. The van der Waals surface area contributed by atoms with Crippen molar-refractivity contribution in [3.8, 4) is 0 Å².